The number of benzene rings is 2. The monoisotopic (exact) mass is 370 g/mol. The van der Waals surface area contributed by atoms with Gasteiger partial charge in [-0.15, -0.1) is 0 Å². The van der Waals surface area contributed by atoms with Crippen LogP contribution in [0, 0.1) is 11.6 Å². The molecular formula is C19H16F2N4O2. The van der Waals surface area contributed by atoms with Crippen molar-refractivity contribution in [3.63, 3.8) is 0 Å². The molecule has 27 heavy (non-hydrogen) atoms. The van der Waals surface area contributed by atoms with E-state index in [0.717, 1.165) is 22.3 Å². The van der Waals surface area contributed by atoms with Crippen LogP contribution in [0.3, 0.4) is 0 Å². The highest BCUT2D eigenvalue weighted by molar-refractivity contribution is 5.87. The first kappa shape index (κ1) is 18.2. The molecule has 0 saturated carbocycles. The topological polar surface area (TPSA) is 76.0 Å². The van der Waals surface area contributed by atoms with Crippen molar-refractivity contribution in [3.05, 3.63) is 88.5 Å². The Morgan fingerprint density at radius 2 is 1.85 bits per heavy atom. The zero-order chi connectivity index (χ0) is 19.2. The van der Waals surface area contributed by atoms with Gasteiger partial charge in [0.25, 0.3) is 5.56 Å². The van der Waals surface area contributed by atoms with Gasteiger partial charge in [0.2, 0.25) is 5.82 Å². The van der Waals surface area contributed by atoms with Crippen molar-refractivity contribution in [1.82, 2.24) is 14.9 Å². The van der Waals surface area contributed by atoms with Crippen LogP contribution in [-0.4, -0.2) is 22.1 Å². The van der Waals surface area contributed by atoms with E-state index in [4.69, 9.17) is 0 Å². The van der Waals surface area contributed by atoms with Crippen LogP contribution in [0.15, 0.2) is 65.7 Å². The number of aromatic nitrogens is 2. The van der Waals surface area contributed by atoms with Crippen LogP contribution in [0.2, 0.25) is 0 Å². The molecule has 2 amide bonds. The van der Waals surface area contributed by atoms with Crippen LogP contribution in [0.4, 0.5) is 19.4 Å². The zero-order valence-corrected chi connectivity index (χ0v) is 14.2. The molecule has 2 N–H and O–H groups in total. The fraction of sp³-hybridized carbons (Fsp3) is 0.105. The lowest BCUT2D eigenvalue weighted by molar-refractivity contribution is 0.252. The Hall–Kier alpha value is -3.55. The summed E-state index contributed by atoms with van der Waals surface area (Å²) in [6.07, 6.45) is 3.21. The summed E-state index contributed by atoms with van der Waals surface area (Å²) < 4.78 is 27.5. The first-order valence-electron chi connectivity index (χ1n) is 8.16. The molecule has 0 saturated heterocycles. The van der Waals surface area contributed by atoms with Crippen LogP contribution in [0.5, 0.6) is 0 Å². The van der Waals surface area contributed by atoms with Crippen LogP contribution >= 0.6 is 0 Å². The average Bonchev–Trinajstić information content (AvgIpc) is 2.67. The maximum Gasteiger partial charge on any atom is 0.320 e. The van der Waals surface area contributed by atoms with E-state index >= 15 is 0 Å². The molecule has 6 nitrogen and oxygen atoms in total. The summed E-state index contributed by atoms with van der Waals surface area (Å²) >= 11 is 0. The van der Waals surface area contributed by atoms with E-state index in [1.165, 1.54) is 18.5 Å². The molecule has 2 aromatic carbocycles. The molecule has 0 aliphatic carbocycles. The van der Waals surface area contributed by atoms with Crippen LogP contribution < -0.4 is 16.2 Å². The first-order valence-corrected chi connectivity index (χ1v) is 8.16. The number of carbonyl (C=O) groups is 1. The third-order valence-corrected chi connectivity index (χ3v) is 3.80. The number of amides is 2. The van der Waals surface area contributed by atoms with E-state index in [1.807, 2.05) is 30.3 Å². The molecule has 138 valence electrons. The molecule has 0 aliphatic heterocycles. The number of carbonyl (C=O) groups excluding carboxylic acids is 1. The molecule has 0 atom stereocenters. The largest absolute Gasteiger partial charge is 0.337 e. The summed E-state index contributed by atoms with van der Waals surface area (Å²) in [5, 5.41) is 5.01. The number of nitrogens with one attached hydrogen (secondary N) is 2. The van der Waals surface area contributed by atoms with E-state index < -0.39 is 23.2 Å². The lowest BCUT2D eigenvalue weighted by Gasteiger charge is -2.10. The highest BCUT2D eigenvalue weighted by Crippen LogP contribution is 2.11. The third-order valence-electron chi connectivity index (χ3n) is 3.80. The molecule has 0 aliphatic rings. The van der Waals surface area contributed by atoms with Crippen LogP contribution in [0.25, 0.3) is 5.69 Å². The highest BCUT2D eigenvalue weighted by Gasteiger charge is 2.11. The van der Waals surface area contributed by atoms with Gasteiger partial charge in [0, 0.05) is 25.0 Å². The number of rotatable bonds is 5. The van der Waals surface area contributed by atoms with E-state index in [-0.39, 0.29) is 11.5 Å². The van der Waals surface area contributed by atoms with Gasteiger partial charge in [-0.05, 0) is 24.1 Å². The summed E-state index contributed by atoms with van der Waals surface area (Å²) in [6.45, 7) is 0.375. The molecule has 0 radical (unpaired) electrons. The number of urea groups is 1. The number of nitrogens with zero attached hydrogens (tertiary/aromatic N) is 2. The van der Waals surface area contributed by atoms with Gasteiger partial charge in [-0.2, -0.15) is 0 Å². The molecule has 1 aromatic heterocycles. The zero-order valence-electron chi connectivity index (χ0n) is 14.2. The maximum absolute atomic E-state index is 13.4. The van der Waals surface area contributed by atoms with E-state index in [2.05, 4.69) is 15.6 Å². The minimum absolute atomic E-state index is 0.119. The summed E-state index contributed by atoms with van der Waals surface area (Å²) in [7, 11) is 0. The van der Waals surface area contributed by atoms with E-state index in [1.54, 1.807) is 0 Å². The minimum atomic E-state index is -1.08. The van der Waals surface area contributed by atoms with Crippen molar-refractivity contribution in [2.24, 2.45) is 0 Å². The second-order valence-corrected chi connectivity index (χ2v) is 5.67. The molecule has 8 heteroatoms. The first-order chi connectivity index (χ1) is 13.0. The van der Waals surface area contributed by atoms with Crippen LogP contribution in [0.1, 0.15) is 5.56 Å². The predicted octanol–water partition coefficient (Wildman–Crippen LogP) is 2.87. The predicted molar refractivity (Wildman–Crippen MR) is 96.9 cm³/mol. The quantitative estimate of drug-likeness (QED) is 0.725. The van der Waals surface area contributed by atoms with Gasteiger partial charge in [0.05, 0.1) is 5.69 Å². The lowest BCUT2D eigenvalue weighted by Crippen LogP contribution is -2.34. The number of hydrogen-bond acceptors (Lipinski definition) is 3. The Bertz CT molecular complexity index is 1010. The summed E-state index contributed by atoms with van der Waals surface area (Å²) in [5.41, 5.74) is 0.520. The summed E-state index contributed by atoms with van der Waals surface area (Å²) in [5.74, 6) is -2.32. The van der Waals surface area contributed by atoms with Gasteiger partial charge in [-0.3, -0.25) is 14.7 Å². The molecule has 0 fully saturated rings. The van der Waals surface area contributed by atoms with E-state index in [9.17, 15) is 18.4 Å². The average molecular weight is 370 g/mol. The fourth-order valence-corrected chi connectivity index (χ4v) is 2.45. The second kappa shape index (κ2) is 8.22. The molecule has 0 unspecified atom stereocenters. The third kappa shape index (κ3) is 4.55. The van der Waals surface area contributed by atoms with Gasteiger partial charge in [-0.1, -0.05) is 30.3 Å². The van der Waals surface area contributed by atoms with Crippen molar-refractivity contribution in [3.8, 4) is 5.69 Å². The Morgan fingerprint density at radius 3 is 2.59 bits per heavy atom. The highest BCUT2D eigenvalue weighted by atomic mass is 19.2. The molecular weight excluding hydrogens is 354 g/mol. The Morgan fingerprint density at radius 1 is 1.07 bits per heavy atom. The minimum Gasteiger partial charge on any atom is -0.337 e. The Balaban J connectivity index is 1.67. The van der Waals surface area contributed by atoms with Crippen molar-refractivity contribution in [2.45, 2.75) is 6.42 Å². The van der Waals surface area contributed by atoms with Gasteiger partial charge in [0.15, 0.2) is 11.6 Å². The molecule has 0 bridgehead atoms. The fourth-order valence-electron chi connectivity index (χ4n) is 2.45. The van der Waals surface area contributed by atoms with Crippen molar-refractivity contribution in [1.29, 1.82) is 0 Å². The van der Waals surface area contributed by atoms with Gasteiger partial charge in [0.1, 0.15) is 0 Å². The van der Waals surface area contributed by atoms with Gasteiger partial charge >= 0.3 is 6.03 Å². The standard InChI is InChI=1S/C19H16F2N4O2/c20-15-7-6-14(12-16(15)21)25-11-10-22-17(18(25)26)24-19(27)23-9-8-13-4-2-1-3-5-13/h1-7,10-12H,8-9H2,(H2,22,23,24,27). The van der Waals surface area contributed by atoms with Gasteiger partial charge in [-0.25, -0.2) is 18.6 Å². The molecule has 3 rings (SSSR count). The maximum atomic E-state index is 13.4. The van der Waals surface area contributed by atoms with Crippen LogP contribution in [-0.2, 0) is 6.42 Å². The van der Waals surface area contributed by atoms with Crippen molar-refractivity contribution >= 4 is 11.8 Å². The van der Waals surface area contributed by atoms with Crippen molar-refractivity contribution in [2.75, 3.05) is 11.9 Å². The summed E-state index contributed by atoms with van der Waals surface area (Å²) in [6, 6.07) is 12.1. The SMILES string of the molecule is O=C(NCCc1ccccc1)Nc1nccn(-c2ccc(F)c(F)c2)c1=O. The molecule has 0 spiro atoms. The number of anilines is 1. The number of hydrogen-bond donors (Lipinski definition) is 2. The summed E-state index contributed by atoms with van der Waals surface area (Å²) in [4.78, 5) is 28.3. The lowest BCUT2D eigenvalue weighted by atomic mass is 10.1. The van der Waals surface area contributed by atoms with Gasteiger partial charge < -0.3 is 5.32 Å². The Kier molecular flexibility index (Phi) is 5.55. The number of halogens is 2. The normalized spacial score (nSPS) is 10.4. The van der Waals surface area contributed by atoms with E-state index in [0.29, 0.717) is 13.0 Å². The second-order valence-electron chi connectivity index (χ2n) is 5.67. The van der Waals surface area contributed by atoms with Crippen molar-refractivity contribution < 1.29 is 13.6 Å². The smallest absolute Gasteiger partial charge is 0.320 e. The Labute approximate surface area is 153 Å². The molecule has 1 heterocycles. The molecule has 3 aromatic rings.